The standard InChI is InChI=1S/C26H27ClN2O7S/c1-16-6-9-19(10-7-16)37(32,33)29(22-11-8-18(27)12-17(22)2)15-25(30)28-21-14-24(35-4)23(34-3)13-20(21)26(31)36-5/h6-14H,15H2,1-5H3,(H,28,30). The highest BCUT2D eigenvalue weighted by molar-refractivity contribution is 7.92. The van der Waals surface area contributed by atoms with Crippen LogP contribution < -0.4 is 19.1 Å². The Kier molecular flexibility index (Phi) is 8.67. The fourth-order valence-electron chi connectivity index (χ4n) is 3.62. The zero-order valence-corrected chi connectivity index (χ0v) is 22.6. The summed E-state index contributed by atoms with van der Waals surface area (Å²) in [6, 6.07) is 13.7. The Hall–Kier alpha value is -3.76. The Morgan fingerprint density at radius 2 is 1.54 bits per heavy atom. The number of carbonyl (C=O) groups is 2. The van der Waals surface area contributed by atoms with Gasteiger partial charge in [0.05, 0.1) is 43.2 Å². The topological polar surface area (TPSA) is 111 Å². The highest BCUT2D eigenvalue weighted by atomic mass is 35.5. The molecule has 0 saturated heterocycles. The molecule has 1 amide bonds. The van der Waals surface area contributed by atoms with E-state index in [1.54, 1.807) is 31.2 Å². The molecule has 0 saturated carbocycles. The smallest absolute Gasteiger partial charge is 0.340 e. The second-order valence-electron chi connectivity index (χ2n) is 8.05. The van der Waals surface area contributed by atoms with E-state index in [9.17, 15) is 18.0 Å². The molecule has 196 valence electrons. The van der Waals surface area contributed by atoms with Crippen molar-refractivity contribution in [3.05, 3.63) is 76.3 Å². The second kappa shape index (κ2) is 11.5. The van der Waals surface area contributed by atoms with Crippen LogP contribution in [-0.4, -0.2) is 48.2 Å². The zero-order chi connectivity index (χ0) is 27.3. The van der Waals surface area contributed by atoms with Crippen LogP contribution >= 0.6 is 11.6 Å². The summed E-state index contributed by atoms with van der Waals surface area (Å²) in [7, 11) is -0.151. The summed E-state index contributed by atoms with van der Waals surface area (Å²) in [6.07, 6.45) is 0. The molecule has 9 nitrogen and oxygen atoms in total. The first kappa shape index (κ1) is 27.8. The van der Waals surface area contributed by atoms with E-state index in [0.717, 1.165) is 9.87 Å². The summed E-state index contributed by atoms with van der Waals surface area (Å²) in [6.45, 7) is 2.95. The van der Waals surface area contributed by atoms with Crippen molar-refractivity contribution in [2.75, 3.05) is 37.5 Å². The van der Waals surface area contributed by atoms with Crippen molar-refractivity contribution in [1.82, 2.24) is 0 Å². The van der Waals surface area contributed by atoms with Crippen molar-refractivity contribution >= 4 is 44.9 Å². The number of rotatable bonds is 9. The normalized spacial score (nSPS) is 11.0. The van der Waals surface area contributed by atoms with Gasteiger partial charge < -0.3 is 19.5 Å². The predicted octanol–water partition coefficient (Wildman–Crippen LogP) is 4.59. The van der Waals surface area contributed by atoms with Crippen LogP contribution in [0.2, 0.25) is 5.02 Å². The molecule has 0 aromatic heterocycles. The molecule has 3 rings (SSSR count). The summed E-state index contributed by atoms with van der Waals surface area (Å²) in [4.78, 5) is 25.7. The fraction of sp³-hybridized carbons (Fsp3) is 0.231. The molecule has 3 aromatic rings. The van der Waals surface area contributed by atoms with E-state index in [1.807, 2.05) is 6.92 Å². The highest BCUT2D eigenvalue weighted by Gasteiger charge is 2.29. The molecule has 1 N–H and O–H groups in total. The van der Waals surface area contributed by atoms with Gasteiger partial charge in [0.15, 0.2) is 11.5 Å². The summed E-state index contributed by atoms with van der Waals surface area (Å²) in [5.41, 5.74) is 1.78. The molecular formula is C26H27ClN2O7S. The van der Waals surface area contributed by atoms with E-state index in [4.69, 9.17) is 25.8 Å². The Morgan fingerprint density at radius 1 is 0.919 bits per heavy atom. The number of esters is 1. The average Bonchev–Trinajstić information content (AvgIpc) is 2.87. The van der Waals surface area contributed by atoms with Crippen molar-refractivity contribution in [2.45, 2.75) is 18.7 Å². The number of hydrogen-bond acceptors (Lipinski definition) is 7. The van der Waals surface area contributed by atoms with Gasteiger partial charge in [-0.05, 0) is 49.7 Å². The van der Waals surface area contributed by atoms with E-state index < -0.39 is 28.4 Å². The van der Waals surface area contributed by atoms with Gasteiger partial charge in [-0.15, -0.1) is 0 Å². The first-order chi connectivity index (χ1) is 17.5. The predicted molar refractivity (Wildman–Crippen MR) is 141 cm³/mol. The number of methoxy groups -OCH3 is 3. The van der Waals surface area contributed by atoms with Gasteiger partial charge >= 0.3 is 5.97 Å². The quantitative estimate of drug-likeness (QED) is 0.390. The molecule has 37 heavy (non-hydrogen) atoms. The fourth-order valence-corrected chi connectivity index (χ4v) is 5.33. The van der Waals surface area contributed by atoms with Crippen LogP contribution in [0.3, 0.4) is 0 Å². The van der Waals surface area contributed by atoms with Crippen LogP contribution in [0.1, 0.15) is 21.5 Å². The number of halogens is 1. The largest absolute Gasteiger partial charge is 0.493 e. The SMILES string of the molecule is COC(=O)c1cc(OC)c(OC)cc1NC(=O)CN(c1ccc(Cl)cc1C)S(=O)(=O)c1ccc(C)cc1. The van der Waals surface area contributed by atoms with Crippen LogP contribution in [0.5, 0.6) is 11.5 Å². The monoisotopic (exact) mass is 546 g/mol. The van der Waals surface area contributed by atoms with Gasteiger partial charge in [0.25, 0.3) is 10.0 Å². The lowest BCUT2D eigenvalue weighted by Gasteiger charge is -2.26. The number of aryl methyl sites for hydroxylation is 2. The summed E-state index contributed by atoms with van der Waals surface area (Å²) in [5, 5.41) is 3.03. The van der Waals surface area contributed by atoms with Crippen molar-refractivity contribution in [3.8, 4) is 11.5 Å². The third-order valence-corrected chi connectivity index (χ3v) is 7.54. The summed E-state index contributed by atoms with van der Waals surface area (Å²) < 4.78 is 43.7. The Balaban J connectivity index is 2.05. The molecule has 0 aliphatic heterocycles. The second-order valence-corrected chi connectivity index (χ2v) is 10.3. The van der Waals surface area contributed by atoms with E-state index in [-0.39, 0.29) is 33.3 Å². The van der Waals surface area contributed by atoms with Crippen LogP contribution in [0.25, 0.3) is 0 Å². The van der Waals surface area contributed by atoms with Gasteiger partial charge in [0.1, 0.15) is 6.54 Å². The Bertz CT molecular complexity index is 1420. The number of anilines is 2. The van der Waals surface area contributed by atoms with E-state index in [1.165, 1.54) is 51.7 Å². The van der Waals surface area contributed by atoms with Crippen molar-refractivity contribution in [1.29, 1.82) is 0 Å². The minimum Gasteiger partial charge on any atom is -0.493 e. The number of nitrogens with one attached hydrogen (secondary N) is 1. The molecule has 0 atom stereocenters. The van der Waals surface area contributed by atoms with Gasteiger partial charge in [0.2, 0.25) is 5.91 Å². The number of hydrogen-bond donors (Lipinski definition) is 1. The molecule has 0 heterocycles. The number of sulfonamides is 1. The van der Waals surface area contributed by atoms with E-state index in [0.29, 0.717) is 10.6 Å². The number of benzene rings is 3. The first-order valence-electron chi connectivity index (χ1n) is 11.0. The lowest BCUT2D eigenvalue weighted by molar-refractivity contribution is -0.114. The minimum absolute atomic E-state index is 0.00381. The van der Waals surface area contributed by atoms with Crippen LogP contribution in [0.4, 0.5) is 11.4 Å². The molecule has 0 aliphatic carbocycles. The van der Waals surface area contributed by atoms with E-state index >= 15 is 0 Å². The lowest BCUT2D eigenvalue weighted by atomic mass is 10.1. The number of ether oxygens (including phenoxy) is 3. The number of carbonyl (C=O) groups excluding carboxylic acids is 2. The number of nitrogens with zero attached hydrogens (tertiary/aromatic N) is 1. The molecule has 0 bridgehead atoms. The lowest BCUT2D eigenvalue weighted by Crippen LogP contribution is -2.38. The maximum atomic E-state index is 13.7. The van der Waals surface area contributed by atoms with Crippen LogP contribution in [-0.2, 0) is 19.6 Å². The zero-order valence-electron chi connectivity index (χ0n) is 21.0. The van der Waals surface area contributed by atoms with Gasteiger partial charge in [-0.3, -0.25) is 9.10 Å². The molecule has 3 aromatic carbocycles. The van der Waals surface area contributed by atoms with Gasteiger partial charge in [0, 0.05) is 17.2 Å². The molecule has 0 fully saturated rings. The maximum absolute atomic E-state index is 13.7. The molecule has 11 heteroatoms. The molecule has 0 unspecified atom stereocenters. The first-order valence-corrected chi connectivity index (χ1v) is 12.8. The summed E-state index contributed by atoms with van der Waals surface area (Å²) in [5.74, 6) is -0.930. The van der Waals surface area contributed by atoms with E-state index in [2.05, 4.69) is 5.32 Å². The van der Waals surface area contributed by atoms with Crippen molar-refractivity contribution in [2.24, 2.45) is 0 Å². The molecule has 0 aliphatic rings. The van der Waals surface area contributed by atoms with Gasteiger partial charge in [-0.2, -0.15) is 0 Å². The third-order valence-electron chi connectivity index (χ3n) is 5.53. The Morgan fingerprint density at radius 3 is 2.11 bits per heavy atom. The Labute approximate surface area is 221 Å². The highest BCUT2D eigenvalue weighted by Crippen LogP contribution is 2.34. The molecule has 0 spiro atoms. The summed E-state index contributed by atoms with van der Waals surface area (Å²) >= 11 is 6.08. The van der Waals surface area contributed by atoms with Gasteiger partial charge in [-0.25, -0.2) is 13.2 Å². The molecular weight excluding hydrogens is 520 g/mol. The minimum atomic E-state index is -4.16. The van der Waals surface area contributed by atoms with Crippen molar-refractivity contribution in [3.63, 3.8) is 0 Å². The number of amides is 1. The van der Waals surface area contributed by atoms with Crippen molar-refractivity contribution < 1.29 is 32.2 Å². The molecule has 0 radical (unpaired) electrons. The third kappa shape index (κ3) is 6.15. The average molecular weight is 547 g/mol. The van der Waals surface area contributed by atoms with Crippen LogP contribution in [0.15, 0.2) is 59.5 Å². The van der Waals surface area contributed by atoms with Crippen LogP contribution in [0, 0.1) is 13.8 Å². The van der Waals surface area contributed by atoms with Gasteiger partial charge in [-0.1, -0.05) is 29.3 Å². The maximum Gasteiger partial charge on any atom is 0.340 e.